The van der Waals surface area contributed by atoms with Gasteiger partial charge in [0.25, 0.3) is 0 Å². The molecule has 1 saturated heterocycles. The van der Waals surface area contributed by atoms with Crippen LogP contribution < -0.4 is 11.5 Å². The number of benzene rings is 1. The average Bonchev–Trinajstić information content (AvgIpc) is 2.72. The molecule has 1 aliphatic rings. The van der Waals surface area contributed by atoms with Gasteiger partial charge in [0.15, 0.2) is 0 Å². The Balaban J connectivity index is 2.03. The Labute approximate surface area is 110 Å². The van der Waals surface area contributed by atoms with Gasteiger partial charge < -0.3 is 16.4 Å². The van der Waals surface area contributed by atoms with Crippen molar-refractivity contribution < 1.29 is 14.4 Å². The van der Waals surface area contributed by atoms with Crippen molar-refractivity contribution in [3.8, 4) is 0 Å². The van der Waals surface area contributed by atoms with Crippen LogP contribution in [0.25, 0.3) is 0 Å². The van der Waals surface area contributed by atoms with E-state index < -0.39 is 17.7 Å². The van der Waals surface area contributed by atoms with Crippen LogP contribution in [0.3, 0.4) is 0 Å². The highest BCUT2D eigenvalue weighted by atomic mass is 16.2. The first-order valence-corrected chi connectivity index (χ1v) is 5.93. The highest BCUT2D eigenvalue weighted by Gasteiger charge is 2.32. The molecule has 6 nitrogen and oxygen atoms in total. The molecular weight excluding hydrogens is 246 g/mol. The number of hydrogen-bond acceptors (Lipinski definition) is 3. The lowest BCUT2D eigenvalue weighted by Gasteiger charge is -2.16. The molecule has 1 aliphatic heterocycles. The van der Waals surface area contributed by atoms with Gasteiger partial charge in [0.1, 0.15) is 0 Å². The van der Waals surface area contributed by atoms with Crippen LogP contribution in [0.1, 0.15) is 22.3 Å². The molecule has 0 saturated carbocycles. The van der Waals surface area contributed by atoms with E-state index in [4.69, 9.17) is 11.5 Å². The van der Waals surface area contributed by atoms with E-state index in [0.29, 0.717) is 18.7 Å². The lowest BCUT2D eigenvalue weighted by atomic mass is 10.1. The number of carbonyl (C=O) groups is 3. The molecule has 4 N–H and O–H groups in total. The molecule has 6 heteroatoms. The second-order valence-corrected chi connectivity index (χ2v) is 4.64. The molecule has 0 unspecified atom stereocenters. The van der Waals surface area contributed by atoms with E-state index in [-0.39, 0.29) is 12.3 Å². The van der Waals surface area contributed by atoms with Crippen molar-refractivity contribution in [1.82, 2.24) is 4.90 Å². The minimum absolute atomic E-state index is 0.0808. The normalized spacial score (nSPS) is 18.6. The fourth-order valence-electron chi connectivity index (χ4n) is 2.11. The SMILES string of the molecule is NC(=O)c1ccc(CN2C[C@@H](C(N)=O)CC2=O)cc1. The first kappa shape index (κ1) is 13.1. The second kappa shape index (κ2) is 5.09. The standard InChI is InChI=1S/C13H15N3O3/c14-12(18)9-3-1-8(2-4-9)6-16-7-10(13(15)19)5-11(16)17/h1-4,10H,5-7H2,(H2,14,18)(H2,15,19)/t10-/m0/s1. The van der Waals surface area contributed by atoms with Crippen molar-refractivity contribution in [3.63, 3.8) is 0 Å². The van der Waals surface area contributed by atoms with Crippen molar-refractivity contribution in [2.24, 2.45) is 17.4 Å². The van der Waals surface area contributed by atoms with Gasteiger partial charge >= 0.3 is 0 Å². The zero-order valence-electron chi connectivity index (χ0n) is 10.3. The zero-order valence-corrected chi connectivity index (χ0v) is 10.3. The van der Waals surface area contributed by atoms with Crippen molar-refractivity contribution in [1.29, 1.82) is 0 Å². The molecule has 1 fully saturated rings. The maximum absolute atomic E-state index is 11.7. The fourth-order valence-corrected chi connectivity index (χ4v) is 2.11. The summed E-state index contributed by atoms with van der Waals surface area (Å²) in [6.07, 6.45) is 0.175. The van der Waals surface area contributed by atoms with Gasteiger partial charge in [0.05, 0.1) is 5.92 Å². The van der Waals surface area contributed by atoms with Crippen LogP contribution in [0.5, 0.6) is 0 Å². The van der Waals surface area contributed by atoms with Gasteiger partial charge in [-0.2, -0.15) is 0 Å². The lowest BCUT2D eigenvalue weighted by Crippen LogP contribution is -2.28. The lowest BCUT2D eigenvalue weighted by molar-refractivity contribution is -0.128. The molecule has 3 amide bonds. The maximum Gasteiger partial charge on any atom is 0.248 e. The molecule has 1 atom stereocenters. The van der Waals surface area contributed by atoms with Gasteiger partial charge in [-0.05, 0) is 17.7 Å². The average molecular weight is 261 g/mol. The maximum atomic E-state index is 11.7. The van der Waals surface area contributed by atoms with Crippen LogP contribution in [0, 0.1) is 5.92 Å². The second-order valence-electron chi connectivity index (χ2n) is 4.64. The molecule has 19 heavy (non-hydrogen) atoms. The summed E-state index contributed by atoms with van der Waals surface area (Å²) in [5.41, 5.74) is 11.6. The summed E-state index contributed by atoms with van der Waals surface area (Å²) in [6, 6.07) is 6.71. The van der Waals surface area contributed by atoms with Gasteiger partial charge in [-0.25, -0.2) is 0 Å². The largest absolute Gasteiger partial charge is 0.369 e. The topological polar surface area (TPSA) is 106 Å². The number of amides is 3. The molecule has 1 heterocycles. The van der Waals surface area contributed by atoms with Gasteiger partial charge in [-0.1, -0.05) is 12.1 Å². The van der Waals surface area contributed by atoms with Crippen LogP contribution in [-0.2, 0) is 16.1 Å². The van der Waals surface area contributed by atoms with Crippen molar-refractivity contribution in [3.05, 3.63) is 35.4 Å². The monoisotopic (exact) mass is 261 g/mol. The molecule has 0 bridgehead atoms. The molecule has 1 aromatic carbocycles. The first-order chi connectivity index (χ1) is 8.97. The van der Waals surface area contributed by atoms with E-state index >= 15 is 0 Å². The van der Waals surface area contributed by atoms with Crippen molar-refractivity contribution in [2.45, 2.75) is 13.0 Å². The van der Waals surface area contributed by atoms with Crippen molar-refractivity contribution in [2.75, 3.05) is 6.54 Å². The van der Waals surface area contributed by atoms with Gasteiger partial charge in [-0.3, -0.25) is 14.4 Å². The third-order valence-electron chi connectivity index (χ3n) is 3.23. The molecule has 0 radical (unpaired) electrons. The summed E-state index contributed by atoms with van der Waals surface area (Å²) < 4.78 is 0. The highest BCUT2D eigenvalue weighted by molar-refractivity contribution is 5.92. The minimum atomic E-state index is -0.488. The number of nitrogens with two attached hydrogens (primary N) is 2. The molecule has 2 rings (SSSR count). The smallest absolute Gasteiger partial charge is 0.248 e. The van der Waals surface area contributed by atoms with Crippen LogP contribution in [0.4, 0.5) is 0 Å². The predicted octanol–water partition coefficient (Wildman–Crippen LogP) is -0.381. The van der Waals surface area contributed by atoms with E-state index in [2.05, 4.69) is 0 Å². The van der Waals surface area contributed by atoms with E-state index in [1.54, 1.807) is 29.2 Å². The Morgan fingerprint density at radius 2 is 1.84 bits per heavy atom. The third-order valence-corrected chi connectivity index (χ3v) is 3.23. The predicted molar refractivity (Wildman–Crippen MR) is 67.7 cm³/mol. The Morgan fingerprint density at radius 3 is 2.32 bits per heavy atom. The fraction of sp³-hybridized carbons (Fsp3) is 0.308. The Bertz CT molecular complexity index is 524. The third kappa shape index (κ3) is 2.90. The molecule has 100 valence electrons. The summed E-state index contributed by atoms with van der Waals surface area (Å²) in [4.78, 5) is 35.3. The Hall–Kier alpha value is -2.37. The van der Waals surface area contributed by atoms with Gasteiger partial charge in [-0.15, -0.1) is 0 Å². The number of likely N-dealkylation sites (tertiary alicyclic amines) is 1. The Morgan fingerprint density at radius 1 is 1.21 bits per heavy atom. The quantitative estimate of drug-likeness (QED) is 0.771. The number of hydrogen-bond donors (Lipinski definition) is 2. The molecular formula is C13H15N3O3. The number of rotatable bonds is 4. The van der Waals surface area contributed by atoms with Crippen LogP contribution >= 0.6 is 0 Å². The molecule has 0 aromatic heterocycles. The van der Waals surface area contributed by atoms with E-state index in [9.17, 15) is 14.4 Å². The van der Waals surface area contributed by atoms with E-state index in [0.717, 1.165) is 5.56 Å². The van der Waals surface area contributed by atoms with Crippen molar-refractivity contribution >= 4 is 17.7 Å². The summed E-state index contributed by atoms with van der Waals surface area (Å²) in [6.45, 7) is 0.757. The summed E-state index contributed by atoms with van der Waals surface area (Å²) in [7, 11) is 0. The first-order valence-electron chi connectivity index (χ1n) is 5.93. The summed E-state index contributed by atoms with van der Waals surface area (Å²) in [5, 5.41) is 0. The van der Waals surface area contributed by atoms with E-state index in [1.807, 2.05) is 0 Å². The Kier molecular flexibility index (Phi) is 3.50. The van der Waals surface area contributed by atoms with Crippen LogP contribution in [-0.4, -0.2) is 29.2 Å². The van der Waals surface area contributed by atoms with Crippen LogP contribution in [0.2, 0.25) is 0 Å². The zero-order chi connectivity index (χ0) is 14.0. The van der Waals surface area contributed by atoms with Gasteiger partial charge in [0.2, 0.25) is 17.7 Å². The molecule has 0 spiro atoms. The number of carbonyl (C=O) groups excluding carboxylic acids is 3. The van der Waals surface area contributed by atoms with Gasteiger partial charge in [0, 0.05) is 25.1 Å². The van der Waals surface area contributed by atoms with Crippen LogP contribution in [0.15, 0.2) is 24.3 Å². The number of nitrogens with zero attached hydrogens (tertiary/aromatic N) is 1. The number of primary amides is 2. The van der Waals surface area contributed by atoms with E-state index in [1.165, 1.54) is 0 Å². The summed E-state index contributed by atoms with van der Waals surface area (Å²) >= 11 is 0. The summed E-state index contributed by atoms with van der Waals surface area (Å²) in [5.74, 6) is -1.42. The molecule has 1 aromatic rings. The minimum Gasteiger partial charge on any atom is -0.369 e. The molecule has 0 aliphatic carbocycles. The highest BCUT2D eigenvalue weighted by Crippen LogP contribution is 2.19.